The van der Waals surface area contributed by atoms with Gasteiger partial charge in [0.1, 0.15) is 41.7 Å². The zero-order chi connectivity index (χ0) is 54.4. The van der Waals surface area contributed by atoms with Crippen LogP contribution in [0, 0.1) is 40.9 Å². The van der Waals surface area contributed by atoms with Gasteiger partial charge in [-0.2, -0.15) is 0 Å². The summed E-state index contributed by atoms with van der Waals surface area (Å²) in [6.45, 7) is 12.6. The van der Waals surface area contributed by atoms with Gasteiger partial charge in [0, 0.05) is 58.5 Å². The Bertz CT molecular complexity index is 2010. The Balaban J connectivity index is 1.72. The Labute approximate surface area is 433 Å². The fourth-order valence-electron chi connectivity index (χ4n) is 10.7. The maximum absolute atomic E-state index is 14.6. The molecule has 0 aromatic carbocycles. The summed E-state index contributed by atoms with van der Waals surface area (Å²) >= 11 is 0. The summed E-state index contributed by atoms with van der Waals surface area (Å²) in [7, 11) is 4.43. The number of ketones is 3. The molecule has 4 N–H and O–H groups in total. The van der Waals surface area contributed by atoms with Crippen LogP contribution in [0.25, 0.3) is 0 Å². The van der Waals surface area contributed by atoms with E-state index in [9.17, 15) is 49.2 Å². The van der Waals surface area contributed by atoms with E-state index in [4.69, 9.17) is 28.4 Å². The number of aliphatic hydroxyl groups is 4. The molecule has 73 heavy (non-hydrogen) atoms. The second-order valence-electron chi connectivity index (χ2n) is 21.8. The number of piperidine rings is 1. The molecule has 3 aliphatic heterocycles. The number of carbonyl (C=O) groups is 6. The van der Waals surface area contributed by atoms with Crippen LogP contribution < -0.4 is 0 Å². The van der Waals surface area contributed by atoms with Crippen molar-refractivity contribution >= 4 is 35.2 Å². The predicted octanol–water partition coefficient (Wildman–Crippen LogP) is 5.72. The number of fused-ring (bicyclic) bond motifs is 3. The summed E-state index contributed by atoms with van der Waals surface area (Å²) < 4.78 is 35.4. The van der Waals surface area contributed by atoms with Gasteiger partial charge in [-0.3, -0.25) is 24.0 Å². The van der Waals surface area contributed by atoms with Gasteiger partial charge in [-0.25, -0.2) is 4.79 Å². The first-order valence-corrected chi connectivity index (χ1v) is 26.4. The van der Waals surface area contributed by atoms with Gasteiger partial charge in [0.25, 0.3) is 11.7 Å². The Morgan fingerprint density at radius 1 is 0.863 bits per heavy atom. The number of rotatable bonds is 10. The number of amides is 1. The maximum atomic E-state index is 14.6. The first kappa shape index (κ1) is 61.6. The SMILES string of the molecule is CO[C@H]1CC2CC[C@@H](C)[C@@](O)(O2)C(=O)C(=O)N2CCCC[C@H]2C(=O)O[C@H]([C@@H](C)C[C@@H]2CC[C@@H](OC)[C@H](OC(=O)C(C)(CO)CO)C2)CC(=O)[C@H](C)/C=C(\C)[C@@H](O)[C@@H](OC)C(=O)[C@H](C)C[C@H](C)\C=C/C=C/C=C/1C. The van der Waals surface area contributed by atoms with Crippen molar-refractivity contribution in [2.24, 2.45) is 40.9 Å². The Morgan fingerprint density at radius 3 is 2.21 bits per heavy atom. The van der Waals surface area contributed by atoms with E-state index in [2.05, 4.69) is 0 Å². The Hall–Kier alpha value is -3.94. The molecule has 0 radical (unpaired) electrons. The van der Waals surface area contributed by atoms with Crippen LogP contribution in [0.3, 0.4) is 0 Å². The van der Waals surface area contributed by atoms with Gasteiger partial charge < -0.3 is 53.7 Å². The molecule has 0 aromatic heterocycles. The van der Waals surface area contributed by atoms with E-state index < -0.39 is 120 Å². The molecule has 2 bridgehead atoms. The molecule has 0 spiro atoms. The molecule has 15 atom stereocenters. The number of cyclic esters (lactones) is 1. The molecule has 3 fully saturated rings. The zero-order valence-electron chi connectivity index (χ0n) is 45.3. The molecule has 2 saturated heterocycles. The quantitative estimate of drug-likeness (QED) is 0.116. The third kappa shape index (κ3) is 16.0. The smallest absolute Gasteiger partial charge is 0.329 e. The maximum Gasteiger partial charge on any atom is 0.329 e. The van der Waals surface area contributed by atoms with Gasteiger partial charge in [-0.05, 0) is 114 Å². The van der Waals surface area contributed by atoms with E-state index in [0.717, 1.165) is 10.5 Å². The number of allylic oxidation sites excluding steroid dienone is 6. The zero-order valence-corrected chi connectivity index (χ0v) is 45.3. The van der Waals surface area contributed by atoms with E-state index in [-0.39, 0.29) is 49.2 Å². The minimum absolute atomic E-state index is 0.0100. The number of hydrogen-bond donors (Lipinski definition) is 4. The molecule has 1 aliphatic carbocycles. The average molecular weight is 1030 g/mol. The summed E-state index contributed by atoms with van der Waals surface area (Å²) in [5.74, 6) is -9.57. The predicted molar refractivity (Wildman–Crippen MR) is 271 cm³/mol. The number of nitrogens with zero attached hydrogens (tertiary/aromatic N) is 1. The lowest BCUT2D eigenvalue weighted by molar-refractivity contribution is -0.265. The summed E-state index contributed by atoms with van der Waals surface area (Å²) in [5, 5.41) is 43.3. The third-order valence-electron chi connectivity index (χ3n) is 15.9. The largest absolute Gasteiger partial charge is 0.460 e. The number of aliphatic hydroxyl groups excluding tert-OH is 3. The molecule has 412 valence electrons. The number of carbonyl (C=O) groups excluding carboxylic acids is 6. The number of Topliss-reactive ketones (excluding diaryl/α,β-unsaturated/α-hetero) is 3. The molecule has 17 nitrogen and oxygen atoms in total. The van der Waals surface area contributed by atoms with Crippen LogP contribution in [0.15, 0.2) is 47.6 Å². The van der Waals surface area contributed by atoms with E-state index >= 15 is 0 Å². The third-order valence-corrected chi connectivity index (χ3v) is 15.9. The minimum atomic E-state index is -2.47. The molecule has 1 unspecified atom stereocenters. The molecule has 3 heterocycles. The number of ether oxygens (including phenoxy) is 6. The van der Waals surface area contributed by atoms with Crippen molar-refractivity contribution in [3.63, 3.8) is 0 Å². The van der Waals surface area contributed by atoms with Crippen LogP contribution in [0.1, 0.15) is 132 Å². The molecule has 17 heteroatoms. The highest BCUT2D eigenvalue weighted by Gasteiger charge is 2.53. The van der Waals surface area contributed by atoms with E-state index in [1.807, 2.05) is 51.2 Å². The molecule has 4 rings (SSSR count). The normalized spacial score (nSPS) is 37.4. The van der Waals surface area contributed by atoms with Crippen molar-refractivity contribution in [2.75, 3.05) is 41.1 Å². The summed E-state index contributed by atoms with van der Waals surface area (Å²) in [4.78, 5) is 85.6. The first-order valence-electron chi connectivity index (χ1n) is 26.4. The van der Waals surface area contributed by atoms with Gasteiger partial charge in [0.05, 0.1) is 31.5 Å². The average Bonchev–Trinajstić information content (AvgIpc) is 3.37. The fourth-order valence-corrected chi connectivity index (χ4v) is 10.7. The van der Waals surface area contributed by atoms with Crippen molar-refractivity contribution in [3.8, 4) is 0 Å². The van der Waals surface area contributed by atoms with E-state index in [0.29, 0.717) is 63.4 Å². The van der Waals surface area contributed by atoms with Crippen LogP contribution in [-0.2, 0) is 57.2 Å². The monoisotopic (exact) mass is 1030 g/mol. The second kappa shape index (κ2) is 28.3. The van der Waals surface area contributed by atoms with Gasteiger partial charge in [0.2, 0.25) is 5.79 Å². The lowest BCUT2D eigenvalue weighted by Gasteiger charge is -2.42. The van der Waals surface area contributed by atoms with Crippen LogP contribution in [0.5, 0.6) is 0 Å². The van der Waals surface area contributed by atoms with Crippen molar-refractivity contribution in [1.82, 2.24) is 4.90 Å². The molecule has 1 saturated carbocycles. The number of hydrogen-bond acceptors (Lipinski definition) is 16. The van der Waals surface area contributed by atoms with Crippen LogP contribution in [0.4, 0.5) is 0 Å². The topological polar surface area (TPSA) is 242 Å². The van der Waals surface area contributed by atoms with E-state index in [1.54, 1.807) is 40.9 Å². The highest BCUT2D eigenvalue weighted by atomic mass is 16.6. The Kier molecular flexibility index (Phi) is 23.9. The molecular weight excluding hydrogens is 943 g/mol. The van der Waals surface area contributed by atoms with Crippen molar-refractivity contribution in [2.45, 2.75) is 187 Å². The molecular formula is C56H87NO16. The summed E-state index contributed by atoms with van der Waals surface area (Å²) in [6.07, 6.45) is 9.67. The van der Waals surface area contributed by atoms with Gasteiger partial charge in [0.15, 0.2) is 5.78 Å². The molecule has 1 amide bonds. The highest BCUT2D eigenvalue weighted by Crippen LogP contribution is 2.38. The van der Waals surface area contributed by atoms with Gasteiger partial charge in [-0.15, -0.1) is 0 Å². The van der Waals surface area contributed by atoms with Gasteiger partial charge in [-0.1, -0.05) is 71.1 Å². The van der Waals surface area contributed by atoms with Crippen molar-refractivity contribution in [1.29, 1.82) is 0 Å². The summed E-state index contributed by atoms with van der Waals surface area (Å²) in [5.41, 5.74) is -0.326. The highest BCUT2D eigenvalue weighted by molar-refractivity contribution is 6.39. The second-order valence-corrected chi connectivity index (χ2v) is 21.8. The lowest BCUT2D eigenvalue weighted by atomic mass is 9.78. The standard InChI is InChI=1S/C56H87NO16/c1-33-17-13-12-14-18-34(2)45(69-10)29-41-22-20-39(7)56(67,73-41)51(63)52(64)57-24-16-15-19-42(57)53(65)71-46(30-43(60)35(3)26-38(6)49(62)50(70-11)48(61)37(5)25-33)36(4)27-40-21-23-44(68-9)47(28-40)72-54(66)55(8,31-58)32-59/h12-14,17-18,26,33,35-37,39-42,44-47,49-50,58-59,62,67H,15-16,19-25,27-32H2,1-11H3/b14-12+,17-13-,34-18+,38-26+/t33-,35-,36+,37-,39-,40+,41?,42+,44-,45+,46+,47-,49-,50+,56-/m1/s1. The first-order chi connectivity index (χ1) is 34.5. The van der Waals surface area contributed by atoms with Gasteiger partial charge >= 0.3 is 11.9 Å². The minimum Gasteiger partial charge on any atom is -0.460 e. The van der Waals surface area contributed by atoms with Crippen molar-refractivity contribution < 1.29 is 77.6 Å². The van der Waals surface area contributed by atoms with Crippen LogP contribution >= 0.6 is 0 Å². The van der Waals surface area contributed by atoms with Crippen LogP contribution in [0.2, 0.25) is 0 Å². The van der Waals surface area contributed by atoms with E-state index in [1.165, 1.54) is 21.1 Å². The molecule has 0 aromatic rings. The van der Waals surface area contributed by atoms with Crippen LogP contribution in [-0.4, -0.2) is 156 Å². The molecule has 4 aliphatic rings. The Morgan fingerprint density at radius 2 is 1.56 bits per heavy atom. The van der Waals surface area contributed by atoms with Crippen molar-refractivity contribution in [3.05, 3.63) is 47.6 Å². The summed E-state index contributed by atoms with van der Waals surface area (Å²) in [6, 6.07) is -1.21. The fraction of sp³-hybridized carbons (Fsp3) is 0.750. The number of esters is 2. The number of methoxy groups -OCH3 is 3. The lowest BCUT2D eigenvalue weighted by Crippen LogP contribution is -2.61.